The van der Waals surface area contributed by atoms with Gasteiger partial charge >= 0.3 is 11.8 Å². The van der Waals surface area contributed by atoms with Gasteiger partial charge in [-0.1, -0.05) is 12.1 Å². The van der Waals surface area contributed by atoms with E-state index >= 15 is 4.39 Å². The van der Waals surface area contributed by atoms with Crippen LogP contribution in [0.15, 0.2) is 71.8 Å². The lowest BCUT2D eigenvalue weighted by Crippen LogP contribution is -2.52. The molecular formula is C51H52FN11O9. The van der Waals surface area contributed by atoms with E-state index in [1.54, 1.807) is 52.8 Å². The number of pyridine rings is 1. The Morgan fingerprint density at radius 1 is 0.972 bits per heavy atom. The zero-order valence-corrected chi connectivity index (χ0v) is 40.2. The van der Waals surface area contributed by atoms with Gasteiger partial charge in [-0.05, 0) is 93.1 Å². The minimum absolute atomic E-state index is 0.0351. The molecule has 3 atom stereocenters. The predicted molar refractivity (Wildman–Crippen MR) is 262 cm³/mol. The van der Waals surface area contributed by atoms with Crippen LogP contribution >= 0.6 is 0 Å². The fourth-order valence-corrected chi connectivity index (χ4v) is 10.4. The number of imidazole rings is 1. The molecule has 0 spiro atoms. The molecule has 372 valence electrons. The molecule has 0 bridgehead atoms. The quantitative estimate of drug-likeness (QED) is 0.0825. The van der Waals surface area contributed by atoms with Crippen LogP contribution in [0, 0.1) is 5.82 Å². The number of fused-ring (bicyclic) bond motifs is 5. The van der Waals surface area contributed by atoms with Crippen molar-refractivity contribution in [3.05, 3.63) is 100.0 Å². The molecule has 6 heterocycles. The van der Waals surface area contributed by atoms with Crippen LogP contribution in [0.3, 0.4) is 0 Å². The molecule has 21 heteroatoms. The molecule has 6 amide bonds. The summed E-state index contributed by atoms with van der Waals surface area (Å²) in [5.74, 6) is -3.08. The highest BCUT2D eigenvalue weighted by Crippen LogP contribution is 2.44. The SMILES string of the molecule is COC(=O)N[C@@H]1CC[C@@H](n2c(=O)n(C)c3cnc4[nH]c(-c5ccc(C(=O)N(C)CCOCC(=O)Nc6ccc7c(c6)CN(C6CCC(=O)NC6=O)C7=O)c(F)c5)c(-c5ccc6c(cnn6C(C)C)c5)c4c32)C1. The third-order valence-electron chi connectivity index (χ3n) is 14.0. The number of rotatable bonds is 13. The van der Waals surface area contributed by atoms with Gasteiger partial charge in [0, 0.05) is 79.5 Å². The van der Waals surface area contributed by atoms with E-state index in [9.17, 15) is 33.6 Å². The van der Waals surface area contributed by atoms with Gasteiger partial charge in [-0.2, -0.15) is 5.10 Å². The van der Waals surface area contributed by atoms with Crippen LogP contribution < -0.4 is 21.6 Å². The van der Waals surface area contributed by atoms with Gasteiger partial charge in [0.1, 0.15) is 24.1 Å². The van der Waals surface area contributed by atoms with Crippen molar-refractivity contribution in [3.63, 3.8) is 0 Å². The summed E-state index contributed by atoms with van der Waals surface area (Å²) < 4.78 is 32.1. The van der Waals surface area contributed by atoms with Crippen LogP contribution in [-0.4, -0.2) is 120 Å². The molecule has 3 aromatic carbocycles. The van der Waals surface area contributed by atoms with Crippen LogP contribution in [0.5, 0.6) is 0 Å². The molecule has 1 saturated heterocycles. The van der Waals surface area contributed by atoms with Gasteiger partial charge in [-0.3, -0.25) is 43.1 Å². The molecule has 4 N–H and O–H groups in total. The number of carbonyl (C=O) groups is 6. The number of imide groups is 1. The largest absolute Gasteiger partial charge is 0.453 e. The number of aryl methyl sites for hydroxylation is 1. The summed E-state index contributed by atoms with van der Waals surface area (Å²) in [6.45, 7) is 3.89. The number of ether oxygens (including phenoxy) is 2. The second-order valence-corrected chi connectivity index (χ2v) is 18.9. The van der Waals surface area contributed by atoms with Gasteiger partial charge < -0.3 is 34.9 Å². The van der Waals surface area contributed by atoms with Crippen molar-refractivity contribution in [2.24, 2.45) is 7.05 Å². The average Bonchev–Trinajstić information content (AvgIpc) is 4.19. The first-order valence-corrected chi connectivity index (χ1v) is 23.7. The normalized spacial score (nSPS) is 17.8. The summed E-state index contributed by atoms with van der Waals surface area (Å²) in [5.41, 5.74) is 6.02. The van der Waals surface area contributed by atoms with Gasteiger partial charge in [0.2, 0.25) is 17.7 Å². The lowest BCUT2D eigenvalue weighted by Gasteiger charge is -2.29. The molecule has 1 aliphatic carbocycles. The molecule has 20 nitrogen and oxygen atoms in total. The molecule has 72 heavy (non-hydrogen) atoms. The number of aromatic amines is 1. The molecule has 10 rings (SSSR count). The van der Waals surface area contributed by atoms with Crippen LogP contribution in [0.1, 0.15) is 84.3 Å². The Morgan fingerprint density at radius 3 is 2.54 bits per heavy atom. The maximum atomic E-state index is 16.4. The van der Waals surface area contributed by atoms with E-state index in [1.165, 1.54) is 36.1 Å². The highest BCUT2D eigenvalue weighted by molar-refractivity contribution is 6.15. The maximum absolute atomic E-state index is 16.4. The molecule has 1 saturated carbocycles. The van der Waals surface area contributed by atoms with E-state index in [0.717, 1.165) is 16.5 Å². The van der Waals surface area contributed by atoms with Crippen LogP contribution in [0.2, 0.25) is 0 Å². The number of anilines is 1. The third kappa shape index (κ3) is 8.51. The molecule has 4 aromatic heterocycles. The Bertz CT molecular complexity index is 3460. The number of amides is 6. The van der Waals surface area contributed by atoms with Gasteiger partial charge in [0.15, 0.2) is 0 Å². The molecule has 2 aliphatic heterocycles. The van der Waals surface area contributed by atoms with E-state index in [0.29, 0.717) is 75.0 Å². The van der Waals surface area contributed by atoms with Crippen molar-refractivity contribution >= 4 is 74.3 Å². The van der Waals surface area contributed by atoms with Gasteiger partial charge in [-0.25, -0.2) is 19.0 Å². The third-order valence-corrected chi connectivity index (χ3v) is 14.0. The molecule has 3 aliphatic rings. The predicted octanol–water partition coefficient (Wildman–Crippen LogP) is 5.56. The summed E-state index contributed by atoms with van der Waals surface area (Å²) in [5, 5.41) is 14.0. The number of benzene rings is 3. The Labute approximate surface area is 410 Å². The van der Waals surface area contributed by atoms with Crippen molar-refractivity contribution in [1.29, 1.82) is 0 Å². The number of nitrogens with zero attached hydrogens (tertiary/aromatic N) is 7. The van der Waals surface area contributed by atoms with Crippen molar-refractivity contribution in [1.82, 2.24) is 49.3 Å². The number of hydrogen-bond acceptors (Lipinski definition) is 11. The van der Waals surface area contributed by atoms with Gasteiger partial charge in [0.25, 0.3) is 11.8 Å². The number of methoxy groups -OCH3 is 1. The van der Waals surface area contributed by atoms with E-state index in [1.807, 2.05) is 36.7 Å². The number of alkyl carbamates (subject to hydrolysis) is 1. The average molecular weight is 982 g/mol. The zero-order chi connectivity index (χ0) is 50.7. The lowest BCUT2D eigenvalue weighted by molar-refractivity contribution is -0.137. The smallest absolute Gasteiger partial charge is 0.407 e. The number of halogens is 1. The summed E-state index contributed by atoms with van der Waals surface area (Å²) in [6, 6.07) is 14.0. The summed E-state index contributed by atoms with van der Waals surface area (Å²) in [7, 11) is 4.51. The number of likely N-dealkylation sites (N-methyl/N-ethyl adjacent to an activating group) is 1. The molecule has 2 fully saturated rings. The second kappa shape index (κ2) is 18.9. The first kappa shape index (κ1) is 47.5. The number of nitrogens with one attached hydrogen (secondary N) is 4. The summed E-state index contributed by atoms with van der Waals surface area (Å²) in [6.07, 6.45) is 5.04. The van der Waals surface area contributed by atoms with Crippen molar-refractivity contribution < 1.29 is 42.6 Å². The highest BCUT2D eigenvalue weighted by Gasteiger charge is 2.39. The first-order valence-electron chi connectivity index (χ1n) is 23.7. The number of hydrogen-bond donors (Lipinski definition) is 4. The van der Waals surface area contributed by atoms with Gasteiger partial charge in [-0.15, -0.1) is 0 Å². The standard InChI is InChI=1S/C51H52FN11O9/c1-26(2)63-37-13-7-27(18-29(37)22-54-63)42-43-45-39(60(4)51(70)62(45)33-10-8-32(21-33)56-50(69)71-5)23-53-46(43)58-44(42)28-6-11-35(36(52)20-28)48(67)59(3)16-17-72-25-41(65)55-31-9-12-34-30(19-31)24-61(49(34)68)38-14-15-40(64)57-47(38)66/h6-7,9,11-13,18-20,22-23,26,32-33,38H,8,10,14-17,21,24-25H2,1-5H3,(H,53,58)(H,55,65)(H,56,69)(H,57,64,66)/t32-,33-,38?/m1/s1. The van der Waals surface area contributed by atoms with E-state index in [2.05, 4.69) is 26.0 Å². The fraction of sp³-hybridized carbons (Fsp3) is 0.353. The van der Waals surface area contributed by atoms with Crippen molar-refractivity contribution in [2.75, 3.05) is 39.2 Å². The van der Waals surface area contributed by atoms with Gasteiger partial charge in [0.05, 0.1) is 59.3 Å². The van der Waals surface area contributed by atoms with E-state index < -0.39 is 35.7 Å². The summed E-state index contributed by atoms with van der Waals surface area (Å²) in [4.78, 5) is 101. The summed E-state index contributed by atoms with van der Waals surface area (Å²) >= 11 is 0. The van der Waals surface area contributed by atoms with Crippen LogP contribution in [0.4, 0.5) is 14.9 Å². The second-order valence-electron chi connectivity index (χ2n) is 18.9. The Morgan fingerprint density at radius 2 is 1.78 bits per heavy atom. The first-order chi connectivity index (χ1) is 34.6. The monoisotopic (exact) mass is 981 g/mol. The molecular weight excluding hydrogens is 930 g/mol. The van der Waals surface area contributed by atoms with E-state index in [-0.39, 0.29) is 80.3 Å². The molecule has 7 aromatic rings. The Balaban J connectivity index is 0.868. The number of piperidine rings is 1. The topological polar surface area (TPSA) is 237 Å². The number of aromatic nitrogens is 6. The Hall–Kier alpha value is -8.20. The molecule has 0 radical (unpaired) electrons. The number of carbonyl (C=O) groups excluding carboxylic acids is 6. The van der Waals surface area contributed by atoms with E-state index in [4.69, 9.17) is 14.5 Å². The minimum Gasteiger partial charge on any atom is -0.453 e. The lowest BCUT2D eigenvalue weighted by atomic mass is 9.96. The zero-order valence-electron chi connectivity index (χ0n) is 40.2. The van der Waals surface area contributed by atoms with Crippen LogP contribution in [0.25, 0.3) is 55.4 Å². The minimum atomic E-state index is -0.774. The van der Waals surface area contributed by atoms with Crippen LogP contribution in [-0.2, 0) is 37.4 Å². The fourth-order valence-electron chi connectivity index (χ4n) is 10.4. The Kier molecular flexibility index (Phi) is 12.4. The maximum Gasteiger partial charge on any atom is 0.407 e. The van der Waals surface area contributed by atoms with Crippen molar-refractivity contribution in [3.8, 4) is 22.4 Å². The highest BCUT2D eigenvalue weighted by atomic mass is 19.1. The number of H-pyrrole nitrogens is 1. The molecule has 1 unspecified atom stereocenters. The van der Waals surface area contributed by atoms with Crippen molar-refractivity contribution in [2.45, 2.75) is 76.7 Å².